The van der Waals surface area contributed by atoms with E-state index in [2.05, 4.69) is 10.6 Å². The van der Waals surface area contributed by atoms with E-state index < -0.39 is 91.4 Å². The van der Waals surface area contributed by atoms with E-state index >= 15 is 0 Å². The molecule has 1 aliphatic rings. The van der Waals surface area contributed by atoms with E-state index in [0.717, 1.165) is 4.90 Å². The minimum atomic E-state index is -1.54. The molecule has 15 nitrogen and oxygen atoms in total. The molecule has 190 valence electrons. The lowest BCUT2D eigenvalue weighted by molar-refractivity contribution is -0.150. The Bertz CT molecular complexity index is 831. The van der Waals surface area contributed by atoms with E-state index in [9.17, 15) is 38.7 Å². The number of nitrogens with one attached hydrogen (secondary N) is 2. The van der Waals surface area contributed by atoms with Crippen LogP contribution < -0.4 is 16.4 Å². The van der Waals surface area contributed by atoms with E-state index in [4.69, 9.17) is 21.1 Å². The molecule has 0 aromatic carbocycles. The van der Waals surface area contributed by atoms with Gasteiger partial charge in [-0.05, 0) is 25.7 Å². The third-order valence-corrected chi connectivity index (χ3v) is 5.09. The van der Waals surface area contributed by atoms with E-state index in [-0.39, 0.29) is 19.4 Å². The quantitative estimate of drug-likeness (QED) is 0.135. The first-order valence-corrected chi connectivity index (χ1v) is 10.4. The van der Waals surface area contributed by atoms with E-state index in [1.165, 1.54) is 0 Å². The Labute approximate surface area is 193 Å². The second-order valence-corrected chi connectivity index (χ2v) is 7.72. The first kappa shape index (κ1) is 28.3. The van der Waals surface area contributed by atoms with E-state index in [1.807, 2.05) is 0 Å². The zero-order valence-corrected chi connectivity index (χ0v) is 18.1. The number of nitrogens with zero attached hydrogens (tertiary/aromatic N) is 1. The number of aliphatic carboxylic acids is 4. The van der Waals surface area contributed by atoms with Crippen molar-refractivity contribution in [3.05, 3.63) is 0 Å². The van der Waals surface area contributed by atoms with Crippen molar-refractivity contribution in [1.29, 1.82) is 0 Å². The first-order valence-electron chi connectivity index (χ1n) is 10.4. The average Bonchev–Trinajstić information content (AvgIpc) is 3.22. The van der Waals surface area contributed by atoms with Crippen LogP contribution in [-0.2, 0) is 33.6 Å². The molecule has 1 heterocycles. The standard InChI is InChI=1S/C19H28N4O11/c20-9(8-15(28)29)16(30)21-10(3-5-13(24)25)17(31)22-11(4-6-14(26)27)18(32)23-7-1-2-12(23)19(33)34/h9-12H,1-8,20H2,(H,21,30)(H,22,31)(H,24,25)(H,26,27)(H,28,29)(H,33,34). The van der Waals surface area contributed by atoms with Crippen molar-refractivity contribution in [3.8, 4) is 0 Å². The summed E-state index contributed by atoms with van der Waals surface area (Å²) in [6.07, 6.45) is -2.13. The highest BCUT2D eigenvalue weighted by atomic mass is 16.4. The second kappa shape index (κ2) is 13.1. The van der Waals surface area contributed by atoms with Gasteiger partial charge < -0.3 is 41.7 Å². The van der Waals surface area contributed by atoms with E-state index in [0.29, 0.717) is 6.42 Å². The van der Waals surface area contributed by atoms with Crippen molar-refractivity contribution in [2.45, 2.75) is 69.1 Å². The van der Waals surface area contributed by atoms with Crippen LogP contribution in [0, 0.1) is 0 Å². The molecule has 3 amide bonds. The van der Waals surface area contributed by atoms with Gasteiger partial charge >= 0.3 is 23.9 Å². The van der Waals surface area contributed by atoms with Crippen LogP contribution in [0.15, 0.2) is 0 Å². The highest BCUT2D eigenvalue weighted by molar-refractivity contribution is 5.95. The van der Waals surface area contributed by atoms with Crippen molar-refractivity contribution in [2.24, 2.45) is 5.73 Å². The number of hydrogen-bond donors (Lipinski definition) is 7. The predicted molar refractivity (Wildman–Crippen MR) is 110 cm³/mol. The minimum absolute atomic E-state index is 0.0818. The van der Waals surface area contributed by atoms with Gasteiger partial charge in [0.15, 0.2) is 0 Å². The summed E-state index contributed by atoms with van der Waals surface area (Å²) in [7, 11) is 0. The Morgan fingerprint density at radius 1 is 0.824 bits per heavy atom. The summed E-state index contributed by atoms with van der Waals surface area (Å²) in [6, 6.07) is -5.67. The van der Waals surface area contributed by atoms with Gasteiger partial charge in [0, 0.05) is 19.4 Å². The summed E-state index contributed by atoms with van der Waals surface area (Å²) in [4.78, 5) is 83.0. The van der Waals surface area contributed by atoms with Crippen molar-refractivity contribution in [3.63, 3.8) is 0 Å². The maximum Gasteiger partial charge on any atom is 0.326 e. The lowest BCUT2D eigenvalue weighted by atomic mass is 10.1. The van der Waals surface area contributed by atoms with Crippen molar-refractivity contribution in [2.75, 3.05) is 6.54 Å². The molecule has 1 fully saturated rings. The smallest absolute Gasteiger partial charge is 0.326 e. The number of carbonyl (C=O) groups is 7. The molecule has 0 bridgehead atoms. The van der Waals surface area contributed by atoms with Crippen LogP contribution in [0.4, 0.5) is 0 Å². The average molecular weight is 488 g/mol. The van der Waals surface area contributed by atoms with Crippen LogP contribution >= 0.6 is 0 Å². The lowest BCUT2D eigenvalue weighted by Gasteiger charge is -2.28. The molecular formula is C19H28N4O11. The minimum Gasteiger partial charge on any atom is -0.481 e. The molecule has 1 aliphatic heterocycles. The maximum atomic E-state index is 12.9. The van der Waals surface area contributed by atoms with Crippen LogP contribution in [0.25, 0.3) is 0 Å². The summed E-state index contributed by atoms with van der Waals surface area (Å²) in [6.45, 7) is 0.0818. The number of rotatable bonds is 14. The van der Waals surface area contributed by atoms with Gasteiger partial charge in [-0.2, -0.15) is 0 Å². The molecule has 15 heteroatoms. The SMILES string of the molecule is NC(CC(=O)O)C(=O)NC(CCC(=O)O)C(=O)NC(CCC(=O)O)C(=O)N1CCCC1C(=O)O. The van der Waals surface area contributed by atoms with Gasteiger partial charge in [-0.1, -0.05) is 0 Å². The molecule has 4 unspecified atom stereocenters. The molecule has 0 spiro atoms. The van der Waals surface area contributed by atoms with Crippen molar-refractivity contribution in [1.82, 2.24) is 15.5 Å². The van der Waals surface area contributed by atoms with Gasteiger partial charge in [-0.25, -0.2) is 4.79 Å². The Hall–Kier alpha value is -3.75. The van der Waals surface area contributed by atoms with Gasteiger partial charge in [-0.15, -0.1) is 0 Å². The van der Waals surface area contributed by atoms with Crippen LogP contribution in [-0.4, -0.2) is 97.6 Å². The number of carboxylic acids is 4. The van der Waals surface area contributed by atoms with Crippen LogP contribution in [0.2, 0.25) is 0 Å². The van der Waals surface area contributed by atoms with Gasteiger partial charge in [0.2, 0.25) is 17.7 Å². The number of likely N-dealkylation sites (tertiary alicyclic amines) is 1. The highest BCUT2D eigenvalue weighted by Gasteiger charge is 2.38. The first-order chi connectivity index (χ1) is 15.8. The summed E-state index contributed by atoms with van der Waals surface area (Å²) in [5, 5.41) is 40.4. The highest BCUT2D eigenvalue weighted by Crippen LogP contribution is 2.20. The summed E-state index contributed by atoms with van der Waals surface area (Å²) >= 11 is 0. The van der Waals surface area contributed by atoms with Crippen LogP contribution in [0.3, 0.4) is 0 Å². The van der Waals surface area contributed by atoms with Crippen LogP contribution in [0.5, 0.6) is 0 Å². The molecule has 0 aliphatic carbocycles. The fourth-order valence-electron chi connectivity index (χ4n) is 3.38. The second-order valence-electron chi connectivity index (χ2n) is 7.72. The van der Waals surface area contributed by atoms with Crippen molar-refractivity contribution >= 4 is 41.6 Å². The van der Waals surface area contributed by atoms with Crippen molar-refractivity contribution < 1.29 is 54.0 Å². The third-order valence-electron chi connectivity index (χ3n) is 5.09. The predicted octanol–water partition coefficient (Wildman–Crippen LogP) is -2.44. The third kappa shape index (κ3) is 9.01. The zero-order valence-electron chi connectivity index (χ0n) is 18.1. The molecule has 34 heavy (non-hydrogen) atoms. The largest absolute Gasteiger partial charge is 0.481 e. The molecule has 0 radical (unpaired) electrons. The Morgan fingerprint density at radius 2 is 1.35 bits per heavy atom. The Kier molecular flexibility index (Phi) is 10.9. The van der Waals surface area contributed by atoms with Gasteiger partial charge in [0.25, 0.3) is 0 Å². The fraction of sp³-hybridized carbons (Fsp3) is 0.632. The summed E-state index contributed by atoms with van der Waals surface area (Å²) < 4.78 is 0. The molecule has 4 atom stereocenters. The molecule has 1 rings (SSSR count). The number of nitrogens with two attached hydrogens (primary N) is 1. The fourth-order valence-corrected chi connectivity index (χ4v) is 3.38. The molecule has 0 aromatic heterocycles. The van der Waals surface area contributed by atoms with Gasteiger partial charge in [-0.3, -0.25) is 28.8 Å². The molecule has 0 aromatic rings. The molecule has 1 saturated heterocycles. The normalized spacial score (nSPS) is 17.8. The number of hydrogen-bond acceptors (Lipinski definition) is 8. The Balaban J connectivity index is 3.05. The topological polar surface area (TPSA) is 254 Å². The molecular weight excluding hydrogens is 460 g/mol. The lowest BCUT2D eigenvalue weighted by Crippen LogP contribution is -2.57. The monoisotopic (exact) mass is 488 g/mol. The maximum absolute atomic E-state index is 12.9. The molecule has 8 N–H and O–H groups in total. The van der Waals surface area contributed by atoms with Crippen LogP contribution in [0.1, 0.15) is 44.9 Å². The number of carbonyl (C=O) groups excluding carboxylic acids is 3. The summed E-state index contributed by atoms with van der Waals surface area (Å²) in [5.74, 6) is -8.13. The van der Waals surface area contributed by atoms with E-state index in [1.54, 1.807) is 0 Å². The van der Waals surface area contributed by atoms with Gasteiger partial charge in [0.05, 0.1) is 12.5 Å². The number of amides is 3. The zero-order chi connectivity index (χ0) is 26.0. The molecule has 0 saturated carbocycles. The summed E-state index contributed by atoms with van der Waals surface area (Å²) in [5.41, 5.74) is 5.46. The van der Waals surface area contributed by atoms with Gasteiger partial charge in [0.1, 0.15) is 18.1 Å². The number of carboxylic acid groups (broad SMARTS) is 4. The Morgan fingerprint density at radius 3 is 1.85 bits per heavy atom.